The van der Waals surface area contributed by atoms with Crippen LogP contribution in [0, 0.1) is 0 Å². The second-order valence-electron chi connectivity index (χ2n) is 3.85. The lowest BCUT2D eigenvalue weighted by Crippen LogP contribution is -2.31. The van der Waals surface area contributed by atoms with E-state index in [-0.39, 0.29) is 11.7 Å². The molecule has 0 unspecified atom stereocenters. The van der Waals surface area contributed by atoms with E-state index in [1.807, 2.05) is 6.07 Å². The van der Waals surface area contributed by atoms with E-state index in [4.69, 9.17) is 0 Å². The highest BCUT2D eigenvalue weighted by atomic mass is 16.2. The average molecular weight is 232 g/mol. The average Bonchev–Trinajstić information content (AvgIpc) is 2.28. The normalized spacial score (nSPS) is 10.9. The van der Waals surface area contributed by atoms with Crippen LogP contribution in [0.1, 0.15) is 17.3 Å². The molecule has 0 aromatic heterocycles. The van der Waals surface area contributed by atoms with Crippen LogP contribution in [0.15, 0.2) is 42.2 Å². The Morgan fingerprint density at radius 3 is 2.24 bits per heavy atom. The molecule has 0 atom stereocenters. The molecule has 0 bridgehead atoms. The minimum Gasteiger partial charge on any atom is -0.364 e. The van der Waals surface area contributed by atoms with Gasteiger partial charge in [-0.3, -0.25) is 9.59 Å². The third kappa shape index (κ3) is 4.10. The SMILES string of the molecule is CC(=O)/C=C(\NC(=O)c1ccccc1)N(C)C. The first-order chi connectivity index (χ1) is 8.00. The fourth-order valence-corrected chi connectivity index (χ4v) is 1.25. The summed E-state index contributed by atoms with van der Waals surface area (Å²) in [5.41, 5.74) is 0.559. The third-order valence-electron chi connectivity index (χ3n) is 2.10. The van der Waals surface area contributed by atoms with Gasteiger partial charge in [-0.05, 0) is 19.1 Å². The Morgan fingerprint density at radius 1 is 1.18 bits per heavy atom. The second-order valence-corrected chi connectivity index (χ2v) is 3.85. The number of hydrogen-bond donors (Lipinski definition) is 1. The summed E-state index contributed by atoms with van der Waals surface area (Å²) in [6, 6.07) is 8.86. The molecule has 0 radical (unpaired) electrons. The molecule has 0 saturated carbocycles. The van der Waals surface area contributed by atoms with Gasteiger partial charge in [-0.2, -0.15) is 0 Å². The first-order valence-corrected chi connectivity index (χ1v) is 5.26. The van der Waals surface area contributed by atoms with Crippen LogP contribution < -0.4 is 5.32 Å². The monoisotopic (exact) mass is 232 g/mol. The maximum absolute atomic E-state index is 11.9. The number of amides is 1. The molecule has 0 saturated heterocycles. The van der Waals surface area contributed by atoms with Gasteiger partial charge in [-0.15, -0.1) is 0 Å². The van der Waals surface area contributed by atoms with Crippen molar-refractivity contribution in [1.29, 1.82) is 0 Å². The summed E-state index contributed by atoms with van der Waals surface area (Å²) in [5.74, 6) is 0.139. The molecule has 0 aliphatic rings. The lowest BCUT2D eigenvalue weighted by atomic mass is 10.2. The summed E-state index contributed by atoms with van der Waals surface area (Å²) in [7, 11) is 3.53. The molecule has 0 spiro atoms. The lowest BCUT2D eigenvalue weighted by Gasteiger charge is -2.17. The van der Waals surface area contributed by atoms with Crippen LogP contribution in [0.4, 0.5) is 0 Å². The number of benzene rings is 1. The molecule has 90 valence electrons. The topological polar surface area (TPSA) is 49.4 Å². The molecular weight excluding hydrogens is 216 g/mol. The van der Waals surface area contributed by atoms with Crippen molar-refractivity contribution < 1.29 is 9.59 Å². The number of nitrogens with one attached hydrogen (secondary N) is 1. The van der Waals surface area contributed by atoms with Gasteiger partial charge in [-0.25, -0.2) is 0 Å². The van der Waals surface area contributed by atoms with E-state index in [2.05, 4.69) is 5.32 Å². The molecule has 0 aliphatic heterocycles. The maximum atomic E-state index is 11.9. The maximum Gasteiger partial charge on any atom is 0.256 e. The van der Waals surface area contributed by atoms with E-state index in [0.29, 0.717) is 11.4 Å². The number of carbonyl (C=O) groups excluding carboxylic acids is 2. The van der Waals surface area contributed by atoms with Crippen molar-refractivity contribution >= 4 is 11.7 Å². The zero-order valence-electron chi connectivity index (χ0n) is 10.2. The van der Waals surface area contributed by atoms with Crippen LogP contribution in [0.5, 0.6) is 0 Å². The molecule has 4 nitrogen and oxygen atoms in total. The molecule has 1 aromatic rings. The minimum absolute atomic E-state index is 0.109. The Kier molecular flexibility index (Phi) is 4.46. The Bertz CT molecular complexity index is 436. The number of ketones is 1. The first-order valence-electron chi connectivity index (χ1n) is 5.26. The highest BCUT2D eigenvalue weighted by Crippen LogP contribution is 2.01. The Morgan fingerprint density at radius 2 is 1.76 bits per heavy atom. The van der Waals surface area contributed by atoms with Crippen molar-refractivity contribution in [2.75, 3.05) is 14.1 Å². The van der Waals surface area contributed by atoms with E-state index >= 15 is 0 Å². The lowest BCUT2D eigenvalue weighted by molar-refractivity contribution is -0.112. The highest BCUT2D eigenvalue weighted by Gasteiger charge is 2.08. The fourth-order valence-electron chi connectivity index (χ4n) is 1.25. The van der Waals surface area contributed by atoms with Crippen molar-refractivity contribution in [3.63, 3.8) is 0 Å². The van der Waals surface area contributed by atoms with Crippen LogP contribution in [-0.4, -0.2) is 30.7 Å². The summed E-state index contributed by atoms with van der Waals surface area (Å²) < 4.78 is 0. The second kappa shape index (κ2) is 5.84. The van der Waals surface area contributed by atoms with E-state index < -0.39 is 0 Å². The zero-order chi connectivity index (χ0) is 12.8. The Balaban J connectivity index is 2.82. The van der Waals surface area contributed by atoms with Crippen LogP contribution in [0.3, 0.4) is 0 Å². The van der Waals surface area contributed by atoms with Crippen LogP contribution in [-0.2, 0) is 4.79 Å². The van der Waals surface area contributed by atoms with Crippen LogP contribution in [0.2, 0.25) is 0 Å². The van der Waals surface area contributed by atoms with Crippen molar-refractivity contribution in [3.8, 4) is 0 Å². The van der Waals surface area contributed by atoms with Crippen LogP contribution >= 0.6 is 0 Å². The summed E-state index contributed by atoms with van der Waals surface area (Å²) in [6.07, 6.45) is 1.39. The quantitative estimate of drug-likeness (QED) is 0.798. The molecule has 1 rings (SSSR count). The molecule has 0 fully saturated rings. The predicted molar refractivity (Wildman–Crippen MR) is 66.4 cm³/mol. The summed E-state index contributed by atoms with van der Waals surface area (Å²) >= 11 is 0. The van der Waals surface area contributed by atoms with E-state index in [1.54, 1.807) is 43.3 Å². The minimum atomic E-state index is -0.230. The van der Waals surface area contributed by atoms with Gasteiger partial charge in [0, 0.05) is 25.7 Å². The van der Waals surface area contributed by atoms with Gasteiger partial charge in [-0.1, -0.05) is 18.2 Å². The number of nitrogens with zero attached hydrogens (tertiary/aromatic N) is 1. The van der Waals surface area contributed by atoms with Gasteiger partial charge < -0.3 is 10.2 Å². The molecule has 1 N–H and O–H groups in total. The Hall–Kier alpha value is -2.10. The first kappa shape index (κ1) is 13.0. The number of hydrogen-bond acceptors (Lipinski definition) is 3. The molecule has 1 amide bonds. The van der Waals surface area contributed by atoms with Gasteiger partial charge in [0.25, 0.3) is 5.91 Å². The molecule has 4 heteroatoms. The molecule has 0 heterocycles. The smallest absolute Gasteiger partial charge is 0.256 e. The van der Waals surface area contributed by atoms with Gasteiger partial charge >= 0.3 is 0 Å². The van der Waals surface area contributed by atoms with Crippen molar-refractivity contribution in [2.24, 2.45) is 0 Å². The van der Waals surface area contributed by atoms with Crippen LogP contribution in [0.25, 0.3) is 0 Å². The third-order valence-corrected chi connectivity index (χ3v) is 2.10. The number of carbonyl (C=O) groups is 2. The molecule has 17 heavy (non-hydrogen) atoms. The largest absolute Gasteiger partial charge is 0.364 e. The zero-order valence-corrected chi connectivity index (χ0v) is 10.2. The fraction of sp³-hybridized carbons (Fsp3) is 0.231. The molecule has 0 aliphatic carbocycles. The molecular formula is C13H16N2O2. The number of rotatable bonds is 4. The van der Waals surface area contributed by atoms with Gasteiger partial charge in [0.15, 0.2) is 5.78 Å². The van der Waals surface area contributed by atoms with Gasteiger partial charge in [0.1, 0.15) is 5.82 Å². The van der Waals surface area contributed by atoms with Crippen molar-refractivity contribution in [2.45, 2.75) is 6.92 Å². The van der Waals surface area contributed by atoms with E-state index in [1.165, 1.54) is 13.0 Å². The molecule has 1 aromatic carbocycles. The Labute approximate surface area is 101 Å². The summed E-state index contributed by atoms with van der Waals surface area (Å²) in [5, 5.41) is 2.69. The summed E-state index contributed by atoms with van der Waals surface area (Å²) in [4.78, 5) is 24.6. The van der Waals surface area contributed by atoms with Gasteiger partial charge in [0.05, 0.1) is 0 Å². The van der Waals surface area contributed by atoms with E-state index in [9.17, 15) is 9.59 Å². The van der Waals surface area contributed by atoms with E-state index in [0.717, 1.165) is 0 Å². The van der Waals surface area contributed by atoms with Crippen molar-refractivity contribution in [1.82, 2.24) is 10.2 Å². The predicted octanol–water partition coefficient (Wildman–Crippen LogP) is 1.41. The van der Waals surface area contributed by atoms with Crippen molar-refractivity contribution in [3.05, 3.63) is 47.8 Å². The highest BCUT2D eigenvalue weighted by molar-refractivity contribution is 5.96. The van der Waals surface area contributed by atoms with Gasteiger partial charge in [0.2, 0.25) is 0 Å². The summed E-state index contributed by atoms with van der Waals surface area (Å²) in [6.45, 7) is 1.44. The number of allylic oxidation sites excluding steroid dienone is 1. The standard InChI is InChI=1S/C13H16N2O2/c1-10(16)9-12(15(2)3)14-13(17)11-7-5-4-6-8-11/h4-9H,1-3H3,(H,14,17)/b12-9+.